The monoisotopic (exact) mass is 383 g/mol. The Morgan fingerprint density at radius 2 is 1.82 bits per heavy atom. The lowest BCUT2D eigenvalue weighted by atomic mass is 10.2. The largest absolute Gasteiger partial charge is 0.454 e. The van der Waals surface area contributed by atoms with Crippen molar-refractivity contribution in [3.63, 3.8) is 0 Å². The first-order valence-electron chi connectivity index (χ1n) is 9.41. The van der Waals surface area contributed by atoms with Gasteiger partial charge in [0, 0.05) is 27.2 Å². The highest BCUT2D eigenvalue weighted by Gasteiger charge is 2.16. The summed E-state index contributed by atoms with van der Waals surface area (Å²) in [5.41, 5.74) is 1.10. The summed E-state index contributed by atoms with van der Waals surface area (Å²) < 4.78 is 5.52. The maximum atomic E-state index is 12.6. The number of rotatable bonds is 8. The number of urea groups is 1. The molecule has 1 aromatic carbocycles. The molecule has 150 valence electrons. The minimum absolute atomic E-state index is 0.164. The second kappa shape index (κ2) is 10.3. The number of benzene rings is 1. The van der Waals surface area contributed by atoms with Gasteiger partial charge in [-0.3, -0.25) is 4.79 Å². The molecule has 28 heavy (non-hydrogen) atoms. The molecule has 1 aromatic heterocycles. The fourth-order valence-corrected chi connectivity index (χ4v) is 2.64. The van der Waals surface area contributed by atoms with E-state index in [1.807, 2.05) is 42.5 Å². The van der Waals surface area contributed by atoms with Gasteiger partial charge in [0.25, 0.3) is 5.91 Å². The standard InChI is InChI=1S/C22H29N3O3/c1-17(2)16-25(14-8-11-18-9-6-5-7-10-18)22(27)23-15-19-12-13-20(28-19)21(26)24(3)4/h5-13,17H,14-16H2,1-4H3,(H,23,27)/b11-8+. The number of carbonyl (C=O) groups is 2. The lowest BCUT2D eigenvalue weighted by Crippen LogP contribution is -2.41. The summed E-state index contributed by atoms with van der Waals surface area (Å²) in [5, 5.41) is 2.87. The number of carbonyl (C=O) groups excluding carboxylic acids is 2. The normalized spacial score (nSPS) is 11.0. The van der Waals surface area contributed by atoms with E-state index in [1.165, 1.54) is 4.90 Å². The first-order valence-corrected chi connectivity index (χ1v) is 9.41. The molecular formula is C22H29N3O3. The van der Waals surface area contributed by atoms with Gasteiger partial charge in [-0.1, -0.05) is 56.3 Å². The van der Waals surface area contributed by atoms with Crippen molar-refractivity contribution in [2.75, 3.05) is 27.2 Å². The van der Waals surface area contributed by atoms with Gasteiger partial charge in [0.05, 0.1) is 6.54 Å². The molecule has 0 aliphatic rings. The zero-order valence-electron chi connectivity index (χ0n) is 17.0. The molecule has 2 aromatic rings. The van der Waals surface area contributed by atoms with Crippen molar-refractivity contribution in [2.45, 2.75) is 20.4 Å². The van der Waals surface area contributed by atoms with Crippen LogP contribution in [-0.4, -0.2) is 48.9 Å². The summed E-state index contributed by atoms with van der Waals surface area (Å²) in [5.74, 6) is 0.954. The molecule has 0 spiro atoms. The number of nitrogens with zero attached hydrogens (tertiary/aromatic N) is 2. The SMILES string of the molecule is CC(C)CN(C/C=C/c1ccccc1)C(=O)NCc1ccc(C(=O)N(C)C)o1. The summed E-state index contributed by atoms with van der Waals surface area (Å²) in [7, 11) is 3.33. The lowest BCUT2D eigenvalue weighted by Gasteiger charge is -2.23. The third-order valence-electron chi connectivity index (χ3n) is 4.00. The van der Waals surface area contributed by atoms with Gasteiger partial charge in [0.2, 0.25) is 0 Å². The van der Waals surface area contributed by atoms with Crippen LogP contribution in [0, 0.1) is 5.92 Å². The Kier molecular flexibility index (Phi) is 7.87. The second-order valence-corrected chi connectivity index (χ2v) is 7.24. The number of furan rings is 1. The Balaban J connectivity index is 1.93. The number of hydrogen-bond donors (Lipinski definition) is 1. The maximum Gasteiger partial charge on any atom is 0.318 e. The van der Waals surface area contributed by atoms with E-state index in [2.05, 4.69) is 19.2 Å². The van der Waals surface area contributed by atoms with Gasteiger partial charge in [-0.2, -0.15) is 0 Å². The van der Waals surface area contributed by atoms with E-state index in [4.69, 9.17) is 4.42 Å². The maximum absolute atomic E-state index is 12.6. The van der Waals surface area contributed by atoms with Crippen molar-refractivity contribution in [3.05, 3.63) is 65.6 Å². The minimum Gasteiger partial charge on any atom is -0.454 e. The van der Waals surface area contributed by atoms with Crippen molar-refractivity contribution < 1.29 is 14.0 Å². The van der Waals surface area contributed by atoms with E-state index in [0.717, 1.165) is 5.56 Å². The lowest BCUT2D eigenvalue weighted by molar-refractivity contribution is 0.0794. The molecule has 6 heteroatoms. The van der Waals surface area contributed by atoms with Crippen LogP contribution in [0.25, 0.3) is 6.08 Å². The van der Waals surface area contributed by atoms with Crippen molar-refractivity contribution in [2.24, 2.45) is 5.92 Å². The molecule has 0 fully saturated rings. The van der Waals surface area contributed by atoms with Crippen LogP contribution < -0.4 is 5.32 Å². The van der Waals surface area contributed by atoms with Gasteiger partial charge in [0.1, 0.15) is 5.76 Å². The van der Waals surface area contributed by atoms with E-state index in [9.17, 15) is 9.59 Å². The third kappa shape index (κ3) is 6.61. The first kappa shape index (κ1) is 21.3. The topological polar surface area (TPSA) is 65.8 Å². The predicted octanol–water partition coefficient (Wildman–Crippen LogP) is 3.86. The van der Waals surface area contributed by atoms with E-state index < -0.39 is 0 Å². The van der Waals surface area contributed by atoms with Crippen LogP contribution in [0.15, 0.2) is 53.0 Å². The van der Waals surface area contributed by atoms with Gasteiger partial charge in [-0.25, -0.2) is 4.79 Å². The molecule has 3 amide bonds. The fraction of sp³-hybridized carbons (Fsp3) is 0.364. The van der Waals surface area contributed by atoms with Gasteiger partial charge in [-0.05, 0) is 23.6 Å². The van der Waals surface area contributed by atoms with Crippen LogP contribution in [-0.2, 0) is 6.54 Å². The van der Waals surface area contributed by atoms with Gasteiger partial charge in [0.15, 0.2) is 5.76 Å². The van der Waals surface area contributed by atoms with Crippen LogP contribution in [0.5, 0.6) is 0 Å². The average molecular weight is 383 g/mol. The van der Waals surface area contributed by atoms with Crippen molar-refractivity contribution in [3.8, 4) is 0 Å². The van der Waals surface area contributed by atoms with E-state index in [-0.39, 0.29) is 24.2 Å². The molecule has 0 aliphatic carbocycles. The summed E-state index contributed by atoms with van der Waals surface area (Å²) in [4.78, 5) is 27.7. The average Bonchev–Trinajstić information content (AvgIpc) is 3.14. The summed E-state index contributed by atoms with van der Waals surface area (Å²) in [6.07, 6.45) is 3.99. The van der Waals surface area contributed by atoms with Gasteiger partial charge in [-0.15, -0.1) is 0 Å². The summed E-state index contributed by atoms with van der Waals surface area (Å²) >= 11 is 0. The van der Waals surface area contributed by atoms with Gasteiger partial charge >= 0.3 is 6.03 Å². The number of amides is 3. The highest BCUT2D eigenvalue weighted by molar-refractivity contribution is 5.91. The second-order valence-electron chi connectivity index (χ2n) is 7.24. The van der Waals surface area contributed by atoms with Crippen LogP contribution in [0.2, 0.25) is 0 Å². The van der Waals surface area contributed by atoms with Crippen molar-refractivity contribution in [1.82, 2.24) is 15.1 Å². The molecule has 6 nitrogen and oxygen atoms in total. The Hall–Kier alpha value is -3.02. The Morgan fingerprint density at radius 1 is 1.11 bits per heavy atom. The summed E-state index contributed by atoms with van der Waals surface area (Å²) in [6, 6.07) is 13.1. The first-order chi connectivity index (χ1) is 13.4. The minimum atomic E-state index is -0.204. The Morgan fingerprint density at radius 3 is 2.46 bits per heavy atom. The fourth-order valence-electron chi connectivity index (χ4n) is 2.64. The van der Waals surface area contributed by atoms with Crippen molar-refractivity contribution >= 4 is 18.0 Å². The highest BCUT2D eigenvalue weighted by atomic mass is 16.4. The van der Waals surface area contributed by atoms with Crippen LogP contribution in [0.1, 0.15) is 35.7 Å². The molecule has 0 saturated heterocycles. The van der Waals surface area contributed by atoms with Crippen molar-refractivity contribution in [1.29, 1.82) is 0 Å². The Bertz CT molecular complexity index is 794. The predicted molar refractivity (Wildman–Crippen MR) is 111 cm³/mol. The zero-order chi connectivity index (χ0) is 20.5. The molecule has 0 saturated carbocycles. The molecule has 0 bridgehead atoms. The van der Waals surface area contributed by atoms with E-state index in [0.29, 0.717) is 24.8 Å². The van der Waals surface area contributed by atoms with Crippen LogP contribution >= 0.6 is 0 Å². The van der Waals surface area contributed by atoms with E-state index >= 15 is 0 Å². The molecule has 0 unspecified atom stereocenters. The number of nitrogens with one attached hydrogen (secondary N) is 1. The molecule has 0 aliphatic heterocycles. The molecule has 0 radical (unpaired) electrons. The zero-order valence-corrected chi connectivity index (χ0v) is 17.0. The Labute approximate surface area is 166 Å². The third-order valence-corrected chi connectivity index (χ3v) is 4.00. The van der Waals surface area contributed by atoms with Gasteiger partial charge < -0.3 is 19.5 Å². The smallest absolute Gasteiger partial charge is 0.318 e. The highest BCUT2D eigenvalue weighted by Crippen LogP contribution is 2.10. The van der Waals surface area contributed by atoms with E-state index in [1.54, 1.807) is 31.1 Å². The van der Waals surface area contributed by atoms with Crippen LogP contribution in [0.3, 0.4) is 0 Å². The molecule has 1 heterocycles. The molecule has 1 N–H and O–H groups in total. The van der Waals surface area contributed by atoms with Crippen LogP contribution in [0.4, 0.5) is 4.79 Å². The molecular weight excluding hydrogens is 354 g/mol. The molecule has 2 rings (SSSR count). The number of hydrogen-bond acceptors (Lipinski definition) is 3. The molecule has 0 atom stereocenters. The quantitative estimate of drug-likeness (QED) is 0.753. The summed E-state index contributed by atoms with van der Waals surface area (Å²) in [6.45, 7) is 5.55.